The van der Waals surface area contributed by atoms with E-state index < -0.39 is 0 Å². The number of thioether (sulfide) groups is 1. The van der Waals surface area contributed by atoms with Gasteiger partial charge < -0.3 is 5.73 Å². The van der Waals surface area contributed by atoms with Crippen LogP contribution in [-0.2, 0) is 5.75 Å². The van der Waals surface area contributed by atoms with Crippen LogP contribution in [0, 0.1) is 0 Å². The Morgan fingerprint density at radius 2 is 2.12 bits per heavy atom. The second-order valence-corrected chi connectivity index (χ2v) is 4.73. The van der Waals surface area contributed by atoms with Gasteiger partial charge in [-0.05, 0) is 35.9 Å². The fourth-order valence-corrected chi connectivity index (χ4v) is 2.34. The molecule has 2 rings (SSSR count). The van der Waals surface area contributed by atoms with E-state index >= 15 is 0 Å². The van der Waals surface area contributed by atoms with Crippen molar-refractivity contribution in [3.8, 4) is 0 Å². The maximum Gasteiger partial charge on any atom is 0.0963 e. The molecule has 2 N–H and O–H groups in total. The minimum absolute atomic E-state index is 0.714. The summed E-state index contributed by atoms with van der Waals surface area (Å²) in [5, 5.41) is 1.70. The summed E-state index contributed by atoms with van der Waals surface area (Å²) in [5.74, 6) is 0.781. The Morgan fingerprint density at radius 1 is 1.25 bits per heavy atom. The number of hydrogen-bond acceptors (Lipinski definition) is 3. The Bertz CT molecular complexity index is 474. The predicted molar refractivity (Wildman–Crippen MR) is 69.7 cm³/mol. The third-order valence-electron chi connectivity index (χ3n) is 2.12. The van der Waals surface area contributed by atoms with Crippen molar-refractivity contribution in [2.75, 3.05) is 5.73 Å². The summed E-state index contributed by atoms with van der Waals surface area (Å²) in [4.78, 5) is 4.24. The fraction of sp³-hybridized carbons (Fsp3) is 0.0833. The van der Waals surface area contributed by atoms with Gasteiger partial charge in [-0.3, -0.25) is 0 Å². The van der Waals surface area contributed by atoms with Gasteiger partial charge in [0, 0.05) is 22.7 Å². The summed E-state index contributed by atoms with van der Waals surface area (Å²) in [5.41, 5.74) is 7.68. The molecule has 1 heterocycles. The topological polar surface area (TPSA) is 38.9 Å². The first kappa shape index (κ1) is 11.3. The molecule has 0 saturated carbocycles. The van der Waals surface area contributed by atoms with Gasteiger partial charge in [-0.2, -0.15) is 0 Å². The van der Waals surface area contributed by atoms with E-state index in [-0.39, 0.29) is 0 Å². The SMILES string of the molecule is Nc1ccc(Cl)cc1CSc1ccccn1. The first-order valence-electron chi connectivity index (χ1n) is 4.83. The van der Waals surface area contributed by atoms with Crippen LogP contribution in [0.4, 0.5) is 5.69 Å². The van der Waals surface area contributed by atoms with E-state index in [0.717, 1.165) is 22.0 Å². The van der Waals surface area contributed by atoms with Crippen molar-refractivity contribution in [2.24, 2.45) is 0 Å². The monoisotopic (exact) mass is 250 g/mol. The van der Waals surface area contributed by atoms with E-state index in [1.165, 1.54) is 0 Å². The molecule has 0 saturated heterocycles. The van der Waals surface area contributed by atoms with Crippen molar-refractivity contribution in [1.82, 2.24) is 4.98 Å². The Kier molecular flexibility index (Phi) is 3.70. The molecule has 0 unspecified atom stereocenters. The molecule has 0 radical (unpaired) electrons. The third kappa shape index (κ3) is 2.90. The molecule has 0 amide bonds. The highest BCUT2D eigenvalue weighted by atomic mass is 35.5. The average molecular weight is 251 g/mol. The zero-order chi connectivity index (χ0) is 11.4. The molecule has 1 aromatic carbocycles. The number of nitrogens with two attached hydrogens (primary N) is 1. The smallest absolute Gasteiger partial charge is 0.0963 e. The van der Waals surface area contributed by atoms with Crippen LogP contribution in [0.3, 0.4) is 0 Å². The lowest BCUT2D eigenvalue weighted by atomic mass is 10.2. The molecule has 0 fully saturated rings. The van der Waals surface area contributed by atoms with Crippen LogP contribution >= 0.6 is 23.4 Å². The van der Waals surface area contributed by atoms with Crippen LogP contribution in [0.2, 0.25) is 5.02 Å². The normalized spacial score (nSPS) is 10.3. The molecule has 0 aliphatic heterocycles. The molecule has 0 bridgehead atoms. The lowest BCUT2D eigenvalue weighted by Crippen LogP contribution is -1.92. The largest absolute Gasteiger partial charge is 0.398 e. The Labute approximate surface area is 104 Å². The Hall–Kier alpha value is -1.19. The van der Waals surface area contributed by atoms with Gasteiger partial charge in [-0.1, -0.05) is 17.7 Å². The van der Waals surface area contributed by atoms with Crippen LogP contribution in [0.1, 0.15) is 5.56 Å². The molecule has 0 atom stereocenters. The molecule has 0 spiro atoms. The highest BCUT2D eigenvalue weighted by molar-refractivity contribution is 7.98. The first-order valence-corrected chi connectivity index (χ1v) is 6.20. The van der Waals surface area contributed by atoms with E-state index in [1.54, 1.807) is 24.0 Å². The quantitative estimate of drug-likeness (QED) is 0.668. The van der Waals surface area contributed by atoms with Gasteiger partial charge in [0.2, 0.25) is 0 Å². The number of pyridine rings is 1. The number of rotatable bonds is 3. The van der Waals surface area contributed by atoms with Gasteiger partial charge in [0.15, 0.2) is 0 Å². The molecule has 0 aliphatic carbocycles. The first-order chi connectivity index (χ1) is 7.75. The minimum atomic E-state index is 0.714. The summed E-state index contributed by atoms with van der Waals surface area (Å²) in [6, 6.07) is 11.4. The van der Waals surface area contributed by atoms with Crippen molar-refractivity contribution >= 4 is 29.1 Å². The summed E-state index contributed by atoms with van der Waals surface area (Å²) < 4.78 is 0. The zero-order valence-electron chi connectivity index (χ0n) is 8.56. The lowest BCUT2D eigenvalue weighted by Gasteiger charge is -2.05. The zero-order valence-corrected chi connectivity index (χ0v) is 10.1. The minimum Gasteiger partial charge on any atom is -0.398 e. The number of hydrogen-bond donors (Lipinski definition) is 1. The predicted octanol–water partition coefficient (Wildman–Crippen LogP) is 3.61. The third-order valence-corrected chi connectivity index (χ3v) is 3.35. The van der Waals surface area contributed by atoms with Crippen LogP contribution in [-0.4, -0.2) is 4.98 Å². The summed E-state index contributed by atoms with van der Waals surface area (Å²) in [6.45, 7) is 0. The molecule has 2 nitrogen and oxygen atoms in total. The highest BCUT2D eigenvalue weighted by Gasteiger charge is 2.02. The number of nitrogens with zero attached hydrogens (tertiary/aromatic N) is 1. The molecular formula is C12H11ClN2S. The molecule has 4 heteroatoms. The second-order valence-electron chi connectivity index (χ2n) is 3.30. The van der Waals surface area contributed by atoms with E-state index in [1.807, 2.05) is 30.3 Å². The van der Waals surface area contributed by atoms with Gasteiger partial charge in [0.1, 0.15) is 0 Å². The summed E-state index contributed by atoms with van der Waals surface area (Å²) >= 11 is 7.56. The van der Waals surface area contributed by atoms with Crippen molar-refractivity contribution in [2.45, 2.75) is 10.8 Å². The van der Waals surface area contributed by atoms with Crippen LogP contribution in [0.15, 0.2) is 47.6 Å². The summed E-state index contributed by atoms with van der Waals surface area (Å²) in [7, 11) is 0. The van der Waals surface area contributed by atoms with Gasteiger partial charge in [0.05, 0.1) is 5.03 Å². The number of anilines is 1. The maximum absolute atomic E-state index is 5.92. The van der Waals surface area contributed by atoms with Crippen molar-refractivity contribution in [3.63, 3.8) is 0 Å². The van der Waals surface area contributed by atoms with E-state index in [2.05, 4.69) is 4.98 Å². The number of nitrogen functional groups attached to an aromatic ring is 1. The van der Waals surface area contributed by atoms with E-state index in [4.69, 9.17) is 17.3 Å². The van der Waals surface area contributed by atoms with Crippen molar-refractivity contribution < 1.29 is 0 Å². The Balaban J connectivity index is 2.08. The van der Waals surface area contributed by atoms with Gasteiger partial charge in [0.25, 0.3) is 0 Å². The molecule has 1 aromatic heterocycles. The highest BCUT2D eigenvalue weighted by Crippen LogP contribution is 2.25. The average Bonchev–Trinajstić information content (AvgIpc) is 2.32. The molecule has 82 valence electrons. The van der Waals surface area contributed by atoms with E-state index in [0.29, 0.717) is 5.02 Å². The number of halogens is 1. The van der Waals surface area contributed by atoms with Crippen molar-refractivity contribution in [1.29, 1.82) is 0 Å². The fourth-order valence-electron chi connectivity index (χ4n) is 1.28. The lowest BCUT2D eigenvalue weighted by molar-refractivity contribution is 1.13. The Morgan fingerprint density at radius 3 is 2.88 bits per heavy atom. The standard InChI is InChI=1S/C12H11ClN2S/c13-10-4-5-11(14)9(7-10)8-16-12-3-1-2-6-15-12/h1-7H,8,14H2. The van der Waals surface area contributed by atoms with Crippen LogP contribution < -0.4 is 5.73 Å². The van der Waals surface area contributed by atoms with Crippen LogP contribution in [0.5, 0.6) is 0 Å². The maximum atomic E-state index is 5.92. The molecule has 16 heavy (non-hydrogen) atoms. The van der Waals surface area contributed by atoms with Crippen molar-refractivity contribution in [3.05, 3.63) is 53.2 Å². The van der Waals surface area contributed by atoms with Crippen LogP contribution in [0.25, 0.3) is 0 Å². The van der Waals surface area contributed by atoms with Gasteiger partial charge in [-0.25, -0.2) is 4.98 Å². The molecule has 2 aromatic rings. The molecule has 0 aliphatic rings. The van der Waals surface area contributed by atoms with E-state index in [9.17, 15) is 0 Å². The number of aromatic nitrogens is 1. The summed E-state index contributed by atoms with van der Waals surface area (Å²) in [6.07, 6.45) is 1.78. The van der Waals surface area contributed by atoms with Gasteiger partial charge >= 0.3 is 0 Å². The van der Waals surface area contributed by atoms with Gasteiger partial charge in [-0.15, -0.1) is 11.8 Å². The molecular weight excluding hydrogens is 240 g/mol. The number of benzene rings is 1. The second kappa shape index (κ2) is 5.23.